The van der Waals surface area contributed by atoms with E-state index in [-0.39, 0.29) is 11.1 Å². The van der Waals surface area contributed by atoms with Gasteiger partial charge in [-0.1, -0.05) is 39.3 Å². The summed E-state index contributed by atoms with van der Waals surface area (Å²) in [7, 11) is 0.871. The van der Waals surface area contributed by atoms with Crippen LogP contribution in [-0.4, -0.2) is 15.9 Å². The van der Waals surface area contributed by atoms with Gasteiger partial charge in [-0.3, -0.25) is 0 Å². The molecule has 0 spiro atoms. The molecule has 0 fully saturated rings. The third-order valence-electron chi connectivity index (χ3n) is 3.12. The second kappa shape index (κ2) is 4.00. The fourth-order valence-electron chi connectivity index (χ4n) is 1.07. The largest absolute Gasteiger partial charge is 0.151 e. The summed E-state index contributed by atoms with van der Waals surface area (Å²) >= 11 is 0. The molecule has 0 aliphatic carbocycles. The van der Waals surface area contributed by atoms with Crippen molar-refractivity contribution in [2.75, 3.05) is 0 Å². The van der Waals surface area contributed by atoms with Crippen LogP contribution >= 0.6 is 0 Å². The van der Waals surface area contributed by atoms with Gasteiger partial charge in [-0.05, 0) is 11.3 Å². The van der Waals surface area contributed by atoms with E-state index in [9.17, 15) is 4.91 Å². The standard InChI is InChI=1S/C8H19NOSi/c1-5-6(2)8(3,4)7(11)9-10/h6-7H,5H2,1-4,11H3. The molecule has 0 radical (unpaired) electrons. The van der Waals surface area contributed by atoms with Crippen LogP contribution in [0.15, 0.2) is 5.18 Å². The predicted molar refractivity (Wildman–Crippen MR) is 52.8 cm³/mol. The minimum atomic E-state index is 0.0532. The van der Waals surface area contributed by atoms with Gasteiger partial charge in [-0.2, -0.15) is 4.91 Å². The molecule has 11 heavy (non-hydrogen) atoms. The van der Waals surface area contributed by atoms with E-state index in [4.69, 9.17) is 0 Å². The van der Waals surface area contributed by atoms with Gasteiger partial charge < -0.3 is 0 Å². The van der Waals surface area contributed by atoms with Gasteiger partial charge in [0.05, 0.1) is 5.67 Å². The maximum Gasteiger partial charge on any atom is 0.0781 e. The maximum absolute atomic E-state index is 10.4. The molecule has 0 heterocycles. The highest BCUT2D eigenvalue weighted by Gasteiger charge is 2.31. The van der Waals surface area contributed by atoms with Crippen molar-refractivity contribution in [2.45, 2.75) is 39.8 Å². The fraction of sp³-hybridized carbons (Fsp3) is 1.00. The molecule has 0 bridgehead atoms. The Morgan fingerprint density at radius 2 is 2.00 bits per heavy atom. The summed E-state index contributed by atoms with van der Waals surface area (Å²) in [6, 6.07) is 0. The lowest BCUT2D eigenvalue weighted by molar-refractivity contribution is 0.215. The second-order valence-electron chi connectivity index (χ2n) is 3.91. The van der Waals surface area contributed by atoms with Crippen LogP contribution in [0.4, 0.5) is 0 Å². The Morgan fingerprint density at radius 3 is 2.27 bits per heavy atom. The summed E-state index contributed by atoms with van der Waals surface area (Å²) in [6.07, 6.45) is 1.13. The summed E-state index contributed by atoms with van der Waals surface area (Å²) in [5.74, 6) is 0.586. The highest BCUT2D eigenvalue weighted by molar-refractivity contribution is 6.12. The van der Waals surface area contributed by atoms with Crippen molar-refractivity contribution in [1.82, 2.24) is 0 Å². The SMILES string of the molecule is CCC(C)C(C)(C)C([SiH3])N=O. The van der Waals surface area contributed by atoms with Gasteiger partial charge >= 0.3 is 0 Å². The topological polar surface area (TPSA) is 29.4 Å². The average Bonchev–Trinajstić information content (AvgIpc) is 2.01. The van der Waals surface area contributed by atoms with E-state index in [2.05, 4.69) is 32.9 Å². The first kappa shape index (κ1) is 10.8. The van der Waals surface area contributed by atoms with Crippen LogP contribution in [0, 0.1) is 16.2 Å². The normalized spacial score (nSPS) is 17.8. The minimum absolute atomic E-state index is 0.0532. The van der Waals surface area contributed by atoms with Gasteiger partial charge in [0.15, 0.2) is 0 Å². The molecule has 0 aliphatic heterocycles. The molecular formula is C8H19NOSi. The molecule has 2 nitrogen and oxygen atoms in total. The molecular weight excluding hydrogens is 154 g/mol. The molecule has 0 aromatic rings. The number of nitroso groups, excluding NO2 is 1. The van der Waals surface area contributed by atoms with Crippen LogP contribution in [0.2, 0.25) is 0 Å². The molecule has 3 heteroatoms. The van der Waals surface area contributed by atoms with E-state index >= 15 is 0 Å². The van der Waals surface area contributed by atoms with E-state index in [1.165, 1.54) is 0 Å². The monoisotopic (exact) mass is 173 g/mol. The quantitative estimate of drug-likeness (QED) is 0.468. The number of hydrogen-bond donors (Lipinski definition) is 0. The van der Waals surface area contributed by atoms with Crippen LogP contribution in [0.3, 0.4) is 0 Å². The Hall–Kier alpha value is -0.183. The van der Waals surface area contributed by atoms with Crippen molar-refractivity contribution in [3.05, 3.63) is 4.91 Å². The smallest absolute Gasteiger partial charge is 0.0781 e. The third kappa shape index (κ3) is 2.40. The molecule has 0 aromatic carbocycles. The van der Waals surface area contributed by atoms with Gasteiger partial charge in [0.25, 0.3) is 0 Å². The fourth-order valence-corrected chi connectivity index (χ4v) is 1.64. The van der Waals surface area contributed by atoms with Crippen LogP contribution in [0.5, 0.6) is 0 Å². The number of hydrogen-bond acceptors (Lipinski definition) is 2. The van der Waals surface area contributed by atoms with Crippen molar-refractivity contribution in [2.24, 2.45) is 16.5 Å². The number of nitrogens with zero attached hydrogens (tertiary/aromatic N) is 1. The zero-order valence-corrected chi connectivity index (χ0v) is 10.2. The Labute approximate surface area is 72.2 Å². The zero-order chi connectivity index (χ0) is 9.07. The van der Waals surface area contributed by atoms with E-state index < -0.39 is 0 Å². The highest BCUT2D eigenvalue weighted by atomic mass is 28.1. The first-order valence-electron chi connectivity index (χ1n) is 4.29. The van der Waals surface area contributed by atoms with Crippen LogP contribution in [0.25, 0.3) is 0 Å². The van der Waals surface area contributed by atoms with E-state index in [0.717, 1.165) is 16.7 Å². The summed E-state index contributed by atoms with van der Waals surface area (Å²) < 4.78 is 0. The molecule has 0 rings (SSSR count). The van der Waals surface area contributed by atoms with Crippen molar-refractivity contribution in [1.29, 1.82) is 0 Å². The van der Waals surface area contributed by atoms with Crippen LogP contribution in [0.1, 0.15) is 34.1 Å². The molecule has 0 amide bonds. The average molecular weight is 173 g/mol. The first-order chi connectivity index (χ1) is 4.96. The first-order valence-corrected chi connectivity index (χ1v) is 5.44. The van der Waals surface area contributed by atoms with Crippen molar-refractivity contribution in [3.63, 3.8) is 0 Å². The summed E-state index contributed by atoms with van der Waals surface area (Å²) in [5, 5.41) is 3.14. The molecule has 0 N–H and O–H groups in total. The molecule has 2 atom stereocenters. The summed E-state index contributed by atoms with van der Waals surface area (Å²) in [6.45, 7) is 8.63. The van der Waals surface area contributed by atoms with E-state index in [0.29, 0.717) is 5.92 Å². The minimum Gasteiger partial charge on any atom is -0.151 e. The lowest BCUT2D eigenvalue weighted by atomic mass is 9.78. The Kier molecular flexibility index (Phi) is 3.93. The predicted octanol–water partition coefficient (Wildman–Crippen LogP) is 1.52. The zero-order valence-electron chi connectivity index (χ0n) is 8.22. The maximum atomic E-state index is 10.4. The molecule has 0 aliphatic rings. The molecule has 66 valence electrons. The van der Waals surface area contributed by atoms with Gasteiger partial charge in [0.1, 0.15) is 0 Å². The number of rotatable bonds is 4. The van der Waals surface area contributed by atoms with Gasteiger partial charge in [-0.15, -0.1) is 0 Å². The van der Waals surface area contributed by atoms with Gasteiger partial charge in [0, 0.05) is 10.2 Å². The lowest BCUT2D eigenvalue weighted by Crippen LogP contribution is -2.34. The van der Waals surface area contributed by atoms with Crippen molar-refractivity contribution >= 4 is 10.2 Å². The highest BCUT2D eigenvalue weighted by Crippen LogP contribution is 2.32. The molecule has 0 saturated heterocycles. The summed E-state index contributed by atoms with van der Waals surface area (Å²) in [4.78, 5) is 10.4. The second-order valence-corrected chi connectivity index (χ2v) is 5.01. The molecule has 0 saturated carbocycles. The van der Waals surface area contributed by atoms with Crippen LogP contribution < -0.4 is 0 Å². The van der Waals surface area contributed by atoms with Gasteiger partial charge in [-0.25, -0.2) is 0 Å². The molecule has 0 aromatic heterocycles. The summed E-state index contributed by atoms with van der Waals surface area (Å²) in [5.41, 5.74) is 0.153. The van der Waals surface area contributed by atoms with Gasteiger partial charge in [0.2, 0.25) is 0 Å². The Morgan fingerprint density at radius 1 is 1.55 bits per heavy atom. The lowest BCUT2D eigenvalue weighted by Gasteiger charge is -2.33. The van der Waals surface area contributed by atoms with E-state index in [1.54, 1.807) is 0 Å². The molecule has 2 unspecified atom stereocenters. The van der Waals surface area contributed by atoms with Crippen molar-refractivity contribution in [3.8, 4) is 0 Å². The van der Waals surface area contributed by atoms with Crippen LogP contribution in [-0.2, 0) is 0 Å². The Balaban J connectivity index is 4.29. The van der Waals surface area contributed by atoms with E-state index in [1.807, 2.05) is 0 Å². The Bertz CT molecular complexity index is 136. The van der Waals surface area contributed by atoms with Crippen molar-refractivity contribution < 1.29 is 0 Å². The third-order valence-corrected chi connectivity index (χ3v) is 4.82.